The quantitative estimate of drug-likeness (QED) is 0.183. The van der Waals surface area contributed by atoms with E-state index in [1.165, 1.54) is 0 Å². The minimum Gasteiger partial charge on any atom is -0.309 e. The standard InChI is InChI=1S/C48H27N5/c49-28-29-19-20-44-39(21-29)41-27-35-26-40(45(41)53(44)36-17-5-2-6-18-36)38-23-32-14-8-10-16-34(32)25-43(38)48-51-46(30-11-3-1-4-12-30)50-47(52-48)42-24-33-15-9-7-13-31(33)22-37(35)42/h1-27H. The number of benzene rings is 8. The second-order valence-corrected chi connectivity index (χ2v) is 13.6. The Morgan fingerprint density at radius 2 is 0.925 bits per heavy atom. The van der Waals surface area contributed by atoms with Crippen molar-refractivity contribution in [2.45, 2.75) is 0 Å². The highest BCUT2D eigenvalue weighted by Crippen LogP contribution is 2.41. The molecule has 0 aliphatic rings. The van der Waals surface area contributed by atoms with E-state index in [4.69, 9.17) is 15.0 Å². The summed E-state index contributed by atoms with van der Waals surface area (Å²) in [6, 6.07) is 59.6. The van der Waals surface area contributed by atoms with E-state index in [9.17, 15) is 5.26 Å². The lowest BCUT2D eigenvalue weighted by Gasteiger charge is -2.12. The number of nitriles is 1. The van der Waals surface area contributed by atoms with Crippen molar-refractivity contribution in [1.29, 1.82) is 5.26 Å². The van der Waals surface area contributed by atoms with E-state index in [2.05, 4.69) is 138 Å². The van der Waals surface area contributed by atoms with Crippen LogP contribution in [0.5, 0.6) is 0 Å². The fourth-order valence-electron chi connectivity index (χ4n) is 8.07. The molecule has 11 aromatic rings. The third kappa shape index (κ3) is 4.53. The molecular formula is C48H27N5. The van der Waals surface area contributed by atoms with E-state index < -0.39 is 0 Å². The molecule has 5 heteroatoms. The van der Waals surface area contributed by atoms with Gasteiger partial charge in [0.05, 0.1) is 22.7 Å². The first-order chi connectivity index (χ1) is 26.2. The highest BCUT2D eigenvalue weighted by molar-refractivity contribution is 6.26. The molecule has 0 saturated heterocycles. The highest BCUT2D eigenvalue weighted by Gasteiger charge is 2.19. The molecule has 0 amide bonds. The number of aromatic nitrogens is 4. The summed E-state index contributed by atoms with van der Waals surface area (Å²) in [6.07, 6.45) is 0. The van der Waals surface area contributed by atoms with Crippen LogP contribution in [-0.4, -0.2) is 19.5 Å². The van der Waals surface area contributed by atoms with Gasteiger partial charge in [0.1, 0.15) is 0 Å². The smallest absolute Gasteiger partial charge is 0.164 e. The Kier molecular flexibility index (Phi) is 6.25. The minimum atomic E-state index is 0.614. The van der Waals surface area contributed by atoms with Crippen molar-refractivity contribution in [2.24, 2.45) is 0 Å². The molecule has 0 N–H and O–H groups in total. The zero-order valence-corrected chi connectivity index (χ0v) is 28.3. The molecule has 11 rings (SSSR count). The predicted molar refractivity (Wildman–Crippen MR) is 218 cm³/mol. The molecule has 3 heterocycles. The van der Waals surface area contributed by atoms with Gasteiger partial charge >= 0.3 is 0 Å². The zero-order chi connectivity index (χ0) is 35.0. The van der Waals surface area contributed by atoms with Crippen LogP contribution in [0.3, 0.4) is 0 Å². The lowest BCUT2D eigenvalue weighted by atomic mass is 9.97. The summed E-state index contributed by atoms with van der Waals surface area (Å²) in [7, 11) is 0. The van der Waals surface area contributed by atoms with Crippen LogP contribution in [0.4, 0.5) is 0 Å². The molecule has 0 radical (unpaired) electrons. The van der Waals surface area contributed by atoms with Crippen LogP contribution in [0.2, 0.25) is 0 Å². The first-order valence-corrected chi connectivity index (χ1v) is 17.7. The SMILES string of the molecule is N#Cc1ccc2c(c1)c1cc3cc(c4cc5ccccc5cc4c4nc(-c5ccccc5)nc(n4)c4cc5ccccc5cc34)c1n2-c1ccccc1. The van der Waals surface area contributed by atoms with Gasteiger partial charge in [-0.1, -0.05) is 97.1 Å². The molecule has 5 nitrogen and oxygen atoms in total. The van der Waals surface area contributed by atoms with E-state index in [1.807, 2.05) is 36.4 Å². The fraction of sp³-hybridized carbons (Fsp3) is 0. The van der Waals surface area contributed by atoms with Gasteiger partial charge in [-0.05, 0) is 104 Å². The zero-order valence-electron chi connectivity index (χ0n) is 28.3. The molecule has 0 atom stereocenters. The van der Waals surface area contributed by atoms with Crippen molar-refractivity contribution in [3.8, 4) is 23.1 Å². The van der Waals surface area contributed by atoms with Gasteiger partial charge in [0.25, 0.3) is 0 Å². The van der Waals surface area contributed by atoms with Gasteiger partial charge in [-0.15, -0.1) is 0 Å². The maximum absolute atomic E-state index is 10.1. The molecule has 0 aliphatic carbocycles. The van der Waals surface area contributed by atoms with Crippen LogP contribution in [0.1, 0.15) is 5.56 Å². The average molecular weight is 674 g/mol. The second kappa shape index (κ2) is 11.3. The summed E-state index contributed by atoms with van der Waals surface area (Å²) >= 11 is 0. The third-order valence-electron chi connectivity index (χ3n) is 10.5. The van der Waals surface area contributed by atoms with Crippen molar-refractivity contribution < 1.29 is 0 Å². The Morgan fingerprint density at radius 1 is 0.415 bits per heavy atom. The summed E-state index contributed by atoms with van der Waals surface area (Å²) in [5.74, 6) is 0.626. The van der Waals surface area contributed by atoms with E-state index in [1.54, 1.807) is 0 Å². The van der Waals surface area contributed by atoms with Crippen LogP contribution in [0.15, 0.2) is 164 Å². The third-order valence-corrected chi connectivity index (χ3v) is 10.5. The Labute approximate surface area is 303 Å². The molecule has 4 bridgehead atoms. The molecule has 53 heavy (non-hydrogen) atoms. The van der Waals surface area contributed by atoms with Crippen LogP contribution in [-0.2, 0) is 0 Å². The van der Waals surface area contributed by atoms with Crippen molar-refractivity contribution >= 4 is 87.0 Å². The highest BCUT2D eigenvalue weighted by atomic mass is 15.0. The number of fused-ring (bicyclic) bond motifs is 16. The van der Waals surface area contributed by atoms with Gasteiger partial charge in [-0.3, -0.25) is 0 Å². The normalized spacial score (nSPS) is 11.8. The van der Waals surface area contributed by atoms with E-state index >= 15 is 0 Å². The topological polar surface area (TPSA) is 67.4 Å². The molecule has 0 spiro atoms. The number of hydrogen-bond donors (Lipinski definition) is 0. The average Bonchev–Trinajstić information content (AvgIpc) is 3.56. The molecule has 3 aromatic heterocycles. The summed E-state index contributed by atoms with van der Waals surface area (Å²) < 4.78 is 2.34. The minimum absolute atomic E-state index is 0.614. The van der Waals surface area contributed by atoms with E-state index in [0.717, 1.165) is 86.9 Å². The Morgan fingerprint density at radius 3 is 1.55 bits per heavy atom. The summed E-state index contributed by atoms with van der Waals surface area (Å²) in [5.41, 5.74) is 5.92. The summed E-state index contributed by atoms with van der Waals surface area (Å²) in [5, 5.41) is 22.6. The first-order valence-electron chi connectivity index (χ1n) is 17.7. The molecule has 0 unspecified atom stereocenters. The molecule has 8 aromatic carbocycles. The van der Waals surface area contributed by atoms with Crippen LogP contribution in [0.25, 0.3) is 104 Å². The maximum atomic E-state index is 10.1. The second-order valence-electron chi connectivity index (χ2n) is 13.6. The molecule has 0 fully saturated rings. The Balaban J connectivity index is 1.49. The van der Waals surface area contributed by atoms with Crippen molar-refractivity contribution in [1.82, 2.24) is 19.5 Å². The van der Waals surface area contributed by atoms with Crippen molar-refractivity contribution in [2.75, 3.05) is 0 Å². The molecule has 244 valence electrons. The van der Waals surface area contributed by atoms with Crippen LogP contribution >= 0.6 is 0 Å². The first kappa shape index (κ1) is 29.3. The lowest BCUT2D eigenvalue weighted by molar-refractivity contribution is 1.18. The lowest BCUT2D eigenvalue weighted by Crippen LogP contribution is -1.96. The monoisotopic (exact) mass is 673 g/mol. The van der Waals surface area contributed by atoms with E-state index in [-0.39, 0.29) is 0 Å². The van der Waals surface area contributed by atoms with Gasteiger partial charge in [0.15, 0.2) is 17.1 Å². The van der Waals surface area contributed by atoms with Crippen molar-refractivity contribution in [3.05, 3.63) is 169 Å². The van der Waals surface area contributed by atoms with E-state index in [0.29, 0.717) is 22.7 Å². The van der Waals surface area contributed by atoms with Gasteiger partial charge < -0.3 is 4.57 Å². The maximum Gasteiger partial charge on any atom is 0.164 e. The van der Waals surface area contributed by atoms with Crippen LogP contribution < -0.4 is 0 Å². The molecule has 0 aliphatic heterocycles. The van der Waals surface area contributed by atoms with Gasteiger partial charge in [0.2, 0.25) is 0 Å². The Bertz CT molecular complexity index is 3400. The van der Waals surface area contributed by atoms with Gasteiger partial charge in [-0.2, -0.15) is 5.26 Å². The molecular weight excluding hydrogens is 647 g/mol. The summed E-state index contributed by atoms with van der Waals surface area (Å²) in [6.45, 7) is 0. The molecule has 0 saturated carbocycles. The number of nitrogens with zero attached hydrogens (tertiary/aromatic N) is 5. The van der Waals surface area contributed by atoms with Crippen molar-refractivity contribution in [3.63, 3.8) is 0 Å². The van der Waals surface area contributed by atoms with Gasteiger partial charge in [0, 0.05) is 38.2 Å². The fourth-order valence-corrected chi connectivity index (χ4v) is 8.07. The predicted octanol–water partition coefficient (Wildman–Crippen LogP) is 12.0. The number of rotatable bonds is 2. The summed E-state index contributed by atoms with van der Waals surface area (Å²) in [4.78, 5) is 15.7. The largest absolute Gasteiger partial charge is 0.309 e. The number of hydrogen-bond acceptors (Lipinski definition) is 4. The van der Waals surface area contributed by atoms with Crippen LogP contribution in [0, 0.1) is 11.3 Å². The number of para-hydroxylation sites is 1. The Hall–Kier alpha value is -7.42. The van der Waals surface area contributed by atoms with Gasteiger partial charge in [-0.25, -0.2) is 15.0 Å².